The van der Waals surface area contributed by atoms with Gasteiger partial charge in [-0.1, -0.05) is 44.2 Å². The van der Waals surface area contributed by atoms with Crippen LogP contribution in [0.2, 0.25) is 0 Å². The van der Waals surface area contributed by atoms with Gasteiger partial charge in [-0.05, 0) is 46.9 Å². The van der Waals surface area contributed by atoms with Crippen LogP contribution in [0.25, 0.3) is 21.5 Å². The second kappa shape index (κ2) is 6.29. The van der Waals surface area contributed by atoms with E-state index in [2.05, 4.69) is 44.2 Å². The Bertz CT molecular complexity index is 877. The third kappa shape index (κ3) is 2.74. The van der Waals surface area contributed by atoms with Gasteiger partial charge in [0.2, 0.25) is 0 Å². The van der Waals surface area contributed by atoms with Gasteiger partial charge in [0.1, 0.15) is 5.75 Å². The molecule has 3 aromatic carbocycles. The first-order valence-electron chi connectivity index (χ1n) is 7.91. The fourth-order valence-electron chi connectivity index (χ4n) is 2.97. The molecule has 0 unspecified atom stereocenters. The van der Waals surface area contributed by atoms with Gasteiger partial charge in [-0.3, -0.25) is 0 Å². The molecular weight excluding hydrogens is 288 g/mol. The zero-order valence-corrected chi connectivity index (χ0v) is 13.7. The summed E-state index contributed by atoms with van der Waals surface area (Å²) in [5.41, 5.74) is 2.44. The van der Waals surface area contributed by atoms with E-state index in [1.165, 1.54) is 18.2 Å². The number of benzene rings is 3. The summed E-state index contributed by atoms with van der Waals surface area (Å²) < 4.78 is 10.2. The highest BCUT2D eigenvalue weighted by molar-refractivity contribution is 6.07. The number of carbonyl (C=O) groups is 1. The minimum atomic E-state index is -0.692. The number of ether oxygens (including phenoxy) is 2. The Morgan fingerprint density at radius 1 is 0.957 bits per heavy atom. The Kier molecular flexibility index (Phi) is 4.20. The number of hydrogen-bond donors (Lipinski definition) is 0. The smallest absolute Gasteiger partial charge is 0.437 e. The molecule has 0 saturated carbocycles. The van der Waals surface area contributed by atoms with Gasteiger partial charge in [-0.25, -0.2) is 4.79 Å². The maximum absolute atomic E-state index is 11.7. The fourth-order valence-corrected chi connectivity index (χ4v) is 2.97. The normalized spacial score (nSPS) is 10.9. The summed E-state index contributed by atoms with van der Waals surface area (Å²) in [5.74, 6) is 0.579. The molecule has 0 radical (unpaired) electrons. The Morgan fingerprint density at radius 3 is 2.48 bits per heavy atom. The minimum Gasteiger partial charge on any atom is -0.437 e. The summed E-state index contributed by atoms with van der Waals surface area (Å²) in [6, 6.07) is 14.6. The summed E-state index contributed by atoms with van der Waals surface area (Å²) in [6.45, 7) is 4.23. The molecule has 0 fully saturated rings. The highest BCUT2D eigenvalue weighted by atomic mass is 16.7. The molecule has 0 amide bonds. The number of rotatable bonds is 3. The standard InChI is InChI=1S/C20H20O3/c1-4-13-9-10-15-12-17-14(5-2)7-6-8-16(17)19(18(15)11-13)23-20(21)22-3/h6-12H,4-5H2,1-3H3. The van der Waals surface area contributed by atoms with Crippen LogP contribution in [0.15, 0.2) is 42.5 Å². The number of aryl methyl sites for hydroxylation is 2. The van der Waals surface area contributed by atoms with Crippen molar-refractivity contribution in [2.75, 3.05) is 7.11 Å². The molecule has 3 nitrogen and oxygen atoms in total. The molecule has 0 N–H and O–H groups in total. The molecule has 0 bridgehead atoms. The maximum atomic E-state index is 11.7. The lowest BCUT2D eigenvalue weighted by Crippen LogP contribution is -2.08. The number of carbonyl (C=O) groups excluding carboxylic acids is 1. The van der Waals surface area contributed by atoms with Gasteiger partial charge >= 0.3 is 6.16 Å². The third-order valence-electron chi connectivity index (χ3n) is 4.24. The van der Waals surface area contributed by atoms with Gasteiger partial charge in [-0.2, -0.15) is 0 Å². The van der Waals surface area contributed by atoms with Crippen molar-refractivity contribution in [1.82, 2.24) is 0 Å². The summed E-state index contributed by atoms with van der Waals surface area (Å²) in [4.78, 5) is 11.7. The Hall–Kier alpha value is -2.55. The maximum Gasteiger partial charge on any atom is 0.513 e. The molecule has 3 rings (SSSR count). The lowest BCUT2D eigenvalue weighted by atomic mass is 9.96. The summed E-state index contributed by atoms with van der Waals surface area (Å²) >= 11 is 0. The monoisotopic (exact) mass is 308 g/mol. The Labute approximate surface area is 135 Å². The average molecular weight is 308 g/mol. The molecule has 0 aromatic heterocycles. The molecule has 0 spiro atoms. The van der Waals surface area contributed by atoms with Crippen LogP contribution in [-0.2, 0) is 17.6 Å². The van der Waals surface area contributed by atoms with Crippen molar-refractivity contribution < 1.29 is 14.3 Å². The first kappa shape index (κ1) is 15.3. The highest BCUT2D eigenvalue weighted by Crippen LogP contribution is 2.37. The fraction of sp³-hybridized carbons (Fsp3) is 0.250. The molecule has 0 atom stereocenters. The lowest BCUT2D eigenvalue weighted by Gasteiger charge is -2.14. The predicted molar refractivity (Wildman–Crippen MR) is 93.2 cm³/mol. The third-order valence-corrected chi connectivity index (χ3v) is 4.24. The summed E-state index contributed by atoms with van der Waals surface area (Å²) in [5, 5.41) is 4.06. The predicted octanol–water partition coefficient (Wildman–Crippen LogP) is 5.26. The molecule has 0 saturated heterocycles. The second-order valence-electron chi connectivity index (χ2n) is 5.54. The van der Waals surface area contributed by atoms with E-state index in [4.69, 9.17) is 9.47 Å². The van der Waals surface area contributed by atoms with Crippen LogP contribution in [0, 0.1) is 0 Å². The van der Waals surface area contributed by atoms with Crippen molar-refractivity contribution in [2.45, 2.75) is 26.7 Å². The van der Waals surface area contributed by atoms with Crippen LogP contribution in [0.5, 0.6) is 5.75 Å². The SMILES string of the molecule is CCc1ccc2cc3c(CC)cccc3c(OC(=O)OC)c2c1. The van der Waals surface area contributed by atoms with Crippen LogP contribution in [0.4, 0.5) is 4.79 Å². The van der Waals surface area contributed by atoms with Crippen molar-refractivity contribution in [1.29, 1.82) is 0 Å². The van der Waals surface area contributed by atoms with Gasteiger partial charge in [-0.15, -0.1) is 0 Å². The largest absolute Gasteiger partial charge is 0.513 e. The average Bonchev–Trinajstić information content (AvgIpc) is 2.60. The van der Waals surface area contributed by atoms with Crippen LogP contribution in [0.3, 0.4) is 0 Å². The van der Waals surface area contributed by atoms with Gasteiger partial charge in [0.25, 0.3) is 0 Å². The molecular formula is C20H20O3. The van der Waals surface area contributed by atoms with E-state index < -0.39 is 6.16 Å². The van der Waals surface area contributed by atoms with E-state index in [1.807, 2.05) is 12.1 Å². The molecule has 0 aliphatic rings. The molecule has 0 heterocycles. The van der Waals surface area contributed by atoms with Crippen molar-refractivity contribution >= 4 is 27.7 Å². The zero-order chi connectivity index (χ0) is 16.4. The van der Waals surface area contributed by atoms with Crippen LogP contribution in [-0.4, -0.2) is 13.3 Å². The Morgan fingerprint density at radius 2 is 1.78 bits per heavy atom. The van der Waals surface area contributed by atoms with Crippen molar-refractivity contribution in [2.24, 2.45) is 0 Å². The van der Waals surface area contributed by atoms with Crippen molar-refractivity contribution in [3.8, 4) is 5.75 Å². The van der Waals surface area contributed by atoms with E-state index in [9.17, 15) is 4.79 Å². The highest BCUT2D eigenvalue weighted by Gasteiger charge is 2.15. The number of hydrogen-bond acceptors (Lipinski definition) is 3. The second-order valence-corrected chi connectivity index (χ2v) is 5.54. The lowest BCUT2D eigenvalue weighted by molar-refractivity contribution is 0.122. The Balaban J connectivity index is 2.39. The summed E-state index contributed by atoms with van der Waals surface area (Å²) in [6.07, 6.45) is 1.16. The summed E-state index contributed by atoms with van der Waals surface area (Å²) in [7, 11) is 1.32. The molecule has 0 aliphatic carbocycles. The van der Waals surface area contributed by atoms with Gasteiger partial charge in [0, 0.05) is 10.8 Å². The topological polar surface area (TPSA) is 35.5 Å². The molecule has 3 heteroatoms. The minimum absolute atomic E-state index is 0.579. The van der Waals surface area contributed by atoms with E-state index in [-0.39, 0.29) is 0 Å². The molecule has 118 valence electrons. The van der Waals surface area contributed by atoms with E-state index in [0.717, 1.165) is 34.4 Å². The van der Waals surface area contributed by atoms with Gasteiger partial charge in [0.15, 0.2) is 0 Å². The van der Waals surface area contributed by atoms with Crippen molar-refractivity contribution in [3.63, 3.8) is 0 Å². The quantitative estimate of drug-likeness (QED) is 0.376. The zero-order valence-electron chi connectivity index (χ0n) is 13.7. The van der Waals surface area contributed by atoms with Crippen LogP contribution >= 0.6 is 0 Å². The van der Waals surface area contributed by atoms with Crippen LogP contribution in [0.1, 0.15) is 25.0 Å². The first-order valence-corrected chi connectivity index (χ1v) is 7.91. The number of methoxy groups -OCH3 is 1. The van der Waals surface area contributed by atoms with E-state index in [1.54, 1.807) is 0 Å². The van der Waals surface area contributed by atoms with Gasteiger partial charge < -0.3 is 9.47 Å². The number of fused-ring (bicyclic) bond motifs is 2. The van der Waals surface area contributed by atoms with Crippen molar-refractivity contribution in [3.05, 3.63) is 53.6 Å². The molecule has 23 heavy (non-hydrogen) atoms. The van der Waals surface area contributed by atoms with E-state index in [0.29, 0.717) is 5.75 Å². The van der Waals surface area contributed by atoms with Gasteiger partial charge in [0.05, 0.1) is 7.11 Å². The molecule has 3 aromatic rings. The van der Waals surface area contributed by atoms with E-state index >= 15 is 0 Å². The molecule has 0 aliphatic heterocycles. The first-order chi connectivity index (χ1) is 11.2. The van der Waals surface area contributed by atoms with Crippen LogP contribution < -0.4 is 4.74 Å².